The van der Waals surface area contributed by atoms with E-state index in [1.54, 1.807) is 6.20 Å². The first kappa shape index (κ1) is 12.6. The van der Waals surface area contributed by atoms with Crippen LogP contribution in [0.25, 0.3) is 10.9 Å². The summed E-state index contributed by atoms with van der Waals surface area (Å²) in [7, 11) is 0. The molecule has 1 aliphatic carbocycles. The number of hydrogen-bond donors (Lipinski definition) is 1. The lowest BCUT2D eigenvalue weighted by Gasteiger charge is -2.11. The average Bonchev–Trinajstić information content (AvgIpc) is 3.05. The summed E-state index contributed by atoms with van der Waals surface area (Å²) in [4.78, 5) is 4.33. The number of benzene rings is 1. The number of hydrogen-bond acceptors (Lipinski definition) is 3. The van der Waals surface area contributed by atoms with E-state index < -0.39 is 6.10 Å². The molecule has 4 rings (SSSR count). The Morgan fingerprint density at radius 2 is 2.05 bits per heavy atom. The smallest absolute Gasteiger partial charge is 0.137 e. The number of aromatic nitrogens is 1. The van der Waals surface area contributed by atoms with E-state index in [2.05, 4.69) is 11.9 Å². The summed E-state index contributed by atoms with van der Waals surface area (Å²) in [6, 6.07) is 13.5. The Bertz CT molecular complexity index is 787. The molecule has 106 valence electrons. The predicted molar refractivity (Wildman–Crippen MR) is 81.0 cm³/mol. The number of nitrogens with zero attached hydrogens (tertiary/aromatic N) is 1. The highest BCUT2D eigenvalue weighted by molar-refractivity contribution is 5.82. The average molecular weight is 279 g/mol. The second-order valence-corrected chi connectivity index (χ2v) is 5.88. The van der Waals surface area contributed by atoms with Crippen molar-refractivity contribution in [3.63, 3.8) is 0 Å². The molecule has 1 fully saturated rings. The molecule has 3 unspecified atom stereocenters. The molecule has 1 saturated carbocycles. The summed E-state index contributed by atoms with van der Waals surface area (Å²) in [5.74, 6) is 2.83. The lowest BCUT2D eigenvalue weighted by molar-refractivity contribution is 0.188. The van der Waals surface area contributed by atoms with Crippen LogP contribution in [-0.4, -0.2) is 10.1 Å². The van der Waals surface area contributed by atoms with E-state index in [0.29, 0.717) is 17.6 Å². The van der Waals surface area contributed by atoms with Crippen LogP contribution in [0.1, 0.15) is 42.5 Å². The van der Waals surface area contributed by atoms with Gasteiger partial charge >= 0.3 is 0 Å². The molecule has 3 heteroatoms. The van der Waals surface area contributed by atoms with Crippen molar-refractivity contribution in [3.05, 3.63) is 65.7 Å². The molecular formula is C18H17NO2. The van der Waals surface area contributed by atoms with E-state index in [-0.39, 0.29) is 0 Å². The molecule has 3 atom stereocenters. The fourth-order valence-corrected chi connectivity index (χ4v) is 2.95. The Morgan fingerprint density at radius 3 is 2.86 bits per heavy atom. The fourth-order valence-electron chi connectivity index (χ4n) is 2.95. The van der Waals surface area contributed by atoms with Gasteiger partial charge in [-0.25, -0.2) is 0 Å². The molecule has 3 aromatic rings. The third-order valence-electron chi connectivity index (χ3n) is 4.37. The van der Waals surface area contributed by atoms with Crippen molar-refractivity contribution in [1.29, 1.82) is 0 Å². The predicted octanol–water partition coefficient (Wildman–Crippen LogP) is 4.03. The van der Waals surface area contributed by atoms with Gasteiger partial charge in [0, 0.05) is 17.5 Å². The van der Waals surface area contributed by atoms with Crippen LogP contribution >= 0.6 is 0 Å². The zero-order valence-electron chi connectivity index (χ0n) is 11.9. The number of aliphatic hydroxyl groups excluding tert-OH is 1. The van der Waals surface area contributed by atoms with Crippen molar-refractivity contribution in [2.75, 3.05) is 0 Å². The molecule has 0 saturated heterocycles. The van der Waals surface area contributed by atoms with Crippen LogP contribution in [-0.2, 0) is 0 Å². The second-order valence-electron chi connectivity index (χ2n) is 5.88. The summed E-state index contributed by atoms with van der Waals surface area (Å²) in [6.45, 7) is 2.22. The topological polar surface area (TPSA) is 46.3 Å². The lowest BCUT2D eigenvalue weighted by Crippen LogP contribution is -1.99. The third-order valence-corrected chi connectivity index (χ3v) is 4.37. The van der Waals surface area contributed by atoms with Gasteiger partial charge in [-0.1, -0.05) is 25.1 Å². The van der Waals surface area contributed by atoms with Crippen molar-refractivity contribution >= 4 is 10.9 Å². The molecule has 3 nitrogen and oxygen atoms in total. The van der Waals surface area contributed by atoms with Crippen LogP contribution in [0.3, 0.4) is 0 Å². The number of aliphatic hydroxyl groups is 1. The van der Waals surface area contributed by atoms with Gasteiger partial charge < -0.3 is 9.52 Å². The molecule has 1 aromatic carbocycles. The quantitative estimate of drug-likeness (QED) is 0.787. The molecule has 2 heterocycles. The van der Waals surface area contributed by atoms with Crippen molar-refractivity contribution in [2.45, 2.75) is 25.4 Å². The summed E-state index contributed by atoms with van der Waals surface area (Å²) >= 11 is 0. The van der Waals surface area contributed by atoms with Crippen LogP contribution in [0.5, 0.6) is 0 Å². The van der Waals surface area contributed by atoms with Crippen molar-refractivity contribution in [3.8, 4) is 0 Å². The summed E-state index contributed by atoms with van der Waals surface area (Å²) in [6.07, 6.45) is 2.19. The number of pyridine rings is 1. The Balaban J connectivity index is 1.72. The van der Waals surface area contributed by atoms with Crippen molar-refractivity contribution < 1.29 is 9.52 Å². The van der Waals surface area contributed by atoms with E-state index in [1.165, 1.54) is 6.42 Å². The van der Waals surface area contributed by atoms with Crippen LogP contribution < -0.4 is 0 Å². The standard InChI is InChI=1S/C18H17NO2/c1-11-10-14(11)16-7-8-17(21-16)18(20)13-4-2-6-15-12(13)5-3-9-19-15/h2-9,11,14,18,20H,10H2,1H3. The van der Waals surface area contributed by atoms with E-state index in [1.807, 2.05) is 42.5 Å². The molecule has 0 amide bonds. The van der Waals surface area contributed by atoms with Gasteiger partial charge in [0.15, 0.2) is 0 Å². The number of fused-ring (bicyclic) bond motifs is 1. The summed E-state index contributed by atoms with van der Waals surface area (Å²) in [5.41, 5.74) is 1.72. The second kappa shape index (κ2) is 4.71. The summed E-state index contributed by atoms with van der Waals surface area (Å²) < 4.78 is 5.87. The van der Waals surface area contributed by atoms with Crippen molar-refractivity contribution in [2.24, 2.45) is 5.92 Å². The highest BCUT2D eigenvalue weighted by Crippen LogP contribution is 2.47. The molecular weight excluding hydrogens is 262 g/mol. The van der Waals surface area contributed by atoms with Gasteiger partial charge in [-0.15, -0.1) is 0 Å². The van der Waals surface area contributed by atoms with E-state index >= 15 is 0 Å². The molecule has 0 bridgehead atoms. The van der Waals surface area contributed by atoms with Crippen LogP contribution in [0.4, 0.5) is 0 Å². The molecule has 21 heavy (non-hydrogen) atoms. The molecule has 2 aromatic heterocycles. The van der Waals surface area contributed by atoms with E-state index in [4.69, 9.17) is 4.42 Å². The van der Waals surface area contributed by atoms with Gasteiger partial charge in [0.2, 0.25) is 0 Å². The maximum absolute atomic E-state index is 10.6. The van der Waals surface area contributed by atoms with Crippen LogP contribution in [0.2, 0.25) is 0 Å². The molecule has 0 radical (unpaired) electrons. The first-order valence-corrected chi connectivity index (χ1v) is 7.35. The minimum atomic E-state index is -0.749. The highest BCUT2D eigenvalue weighted by atomic mass is 16.4. The number of furan rings is 1. The zero-order chi connectivity index (χ0) is 14.4. The van der Waals surface area contributed by atoms with Gasteiger partial charge in [-0.3, -0.25) is 4.98 Å². The maximum Gasteiger partial charge on any atom is 0.137 e. The van der Waals surface area contributed by atoms with Gasteiger partial charge in [0.05, 0.1) is 5.52 Å². The minimum Gasteiger partial charge on any atom is -0.463 e. The Labute approximate surface area is 123 Å². The maximum atomic E-state index is 10.6. The van der Waals surface area contributed by atoms with E-state index in [9.17, 15) is 5.11 Å². The summed E-state index contributed by atoms with van der Waals surface area (Å²) in [5, 5.41) is 11.6. The third kappa shape index (κ3) is 2.14. The monoisotopic (exact) mass is 279 g/mol. The van der Waals surface area contributed by atoms with Gasteiger partial charge in [-0.05, 0) is 42.2 Å². The van der Waals surface area contributed by atoms with Gasteiger partial charge in [-0.2, -0.15) is 0 Å². The first-order chi connectivity index (χ1) is 10.2. The van der Waals surface area contributed by atoms with E-state index in [0.717, 1.165) is 22.2 Å². The molecule has 1 N–H and O–H groups in total. The molecule has 0 spiro atoms. The fraction of sp³-hybridized carbons (Fsp3) is 0.278. The number of rotatable bonds is 3. The largest absolute Gasteiger partial charge is 0.463 e. The Morgan fingerprint density at radius 1 is 1.19 bits per heavy atom. The van der Waals surface area contributed by atoms with Crippen molar-refractivity contribution in [1.82, 2.24) is 4.98 Å². The Hall–Kier alpha value is -2.13. The van der Waals surface area contributed by atoms with Gasteiger partial charge in [0.1, 0.15) is 17.6 Å². The minimum absolute atomic E-state index is 0.528. The van der Waals surface area contributed by atoms with Crippen LogP contribution in [0, 0.1) is 5.92 Å². The normalized spacial score (nSPS) is 22.4. The molecule has 0 aliphatic heterocycles. The molecule has 1 aliphatic rings. The highest BCUT2D eigenvalue weighted by Gasteiger charge is 2.37. The zero-order valence-corrected chi connectivity index (χ0v) is 11.9. The van der Waals surface area contributed by atoms with Crippen LogP contribution in [0.15, 0.2) is 53.1 Å². The first-order valence-electron chi connectivity index (χ1n) is 7.35. The SMILES string of the molecule is CC1CC1c1ccc(C(O)c2cccc3ncccc23)o1. The van der Waals surface area contributed by atoms with Gasteiger partial charge in [0.25, 0.3) is 0 Å². The Kier molecular flexibility index (Phi) is 2.82. The lowest BCUT2D eigenvalue weighted by atomic mass is 10.0.